The van der Waals surface area contributed by atoms with Crippen LogP contribution in [0.1, 0.15) is 22.3 Å². The molecule has 8 aromatic rings. The number of hydrogen-bond donors (Lipinski definition) is 0. The first-order chi connectivity index (χ1) is 22.3. The van der Waals surface area contributed by atoms with Crippen LogP contribution in [0.15, 0.2) is 158 Å². The number of benzene rings is 7. The first-order valence-corrected chi connectivity index (χ1v) is 15.5. The molecule has 208 valence electrons. The van der Waals surface area contributed by atoms with E-state index < -0.39 is 5.41 Å². The van der Waals surface area contributed by atoms with Crippen LogP contribution in [0.5, 0.6) is 0 Å². The lowest BCUT2D eigenvalue weighted by molar-refractivity contribution is 0.797. The van der Waals surface area contributed by atoms with Gasteiger partial charge in [0.25, 0.3) is 0 Å². The van der Waals surface area contributed by atoms with Gasteiger partial charge >= 0.3 is 0 Å². The Bertz CT molecular complexity index is 2360. The van der Waals surface area contributed by atoms with Gasteiger partial charge in [0, 0.05) is 16.7 Å². The monoisotopic (exact) mass is 570 g/mol. The molecule has 1 heterocycles. The Balaban J connectivity index is 1.27. The molecule has 2 heteroatoms. The zero-order valence-corrected chi connectivity index (χ0v) is 24.4. The van der Waals surface area contributed by atoms with Crippen LogP contribution in [0.3, 0.4) is 0 Å². The highest BCUT2D eigenvalue weighted by atomic mass is 14.9. The molecule has 2 aliphatic carbocycles. The molecule has 1 aromatic heterocycles. The fraction of sp³-hybridized carbons (Fsp3) is 0.0233. The van der Waals surface area contributed by atoms with E-state index in [1.807, 2.05) is 24.3 Å². The lowest BCUT2D eigenvalue weighted by Gasteiger charge is -2.31. The molecular weight excluding hydrogens is 544 g/mol. The van der Waals surface area contributed by atoms with Crippen molar-refractivity contribution in [1.82, 2.24) is 9.97 Å². The van der Waals surface area contributed by atoms with Gasteiger partial charge in [-0.2, -0.15) is 0 Å². The van der Waals surface area contributed by atoms with Crippen LogP contribution in [0.25, 0.3) is 66.6 Å². The molecule has 1 spiro atoms. The Morgan fingerprint density at radius 2 is 0.911 bits per heavy atom. The maximum absolute atomic E-state index is 5.19. The molecule has 2 nitrogen and oxygen atoms in total. The molecule has 10 rings (SSSR count). The predicted molar refractivity (Wildman–Crippen MR) is 184 cm³/mol. The molecule has 0 radical (unpaired) electrons. The van der Waals surface area contributed by atoms with Crippen LogP contribution < -0.4 is 0 Å². The number of aromatic nitrogens is 2. The largest absolute Gasteiger partial charge is 0.228 e. The molecule has 0 atom stereocenters. The molecule has 0 bridgehead atoms. The van der Waals surface area contributed by atoms with E-state index in [4.69, 9.17) is 9.97 Å². The van der Waals surface area contributed by atoms with Gasteiger partial charge in [0.15, 0.2) is 5.82 Å². The van der Waals surface area contributed by atoms with Crippen molar-refractivity contribution in [3.63, 3.8) is 0 Å². The van der Waals surface area contributed by atoms with Crippen molar-refractivity contribution in [2.75, 3.05) is 0 Å². The molecule has 0 unspecified atom stereocenters. The molecule has 0 N–H and O–H groups in total. The smallest absolute Gasteiger partial charge is 0.160 e. The summed E-state index contributed by atoms with van der Waals surface area (Å²) in [7, 11) is 0. The maximum Gasteiger partial charge on any atom is 0.160 e. The van der Waals surface area contributed by atoms with Crippen molar-refractivity contribution >= 4 is 21.5 Å². The van der Waals surface area contributed by atoms with Crippen molar-refractivity contribution in [2.45, 2.75) is 5.41 Å². The van der Waals surface area contributed by atoms with E-state index in [2.05, 4.69) is 133 Å². The number of rotatable bonds is 3. The quantitative estimate of drug-likeness (QED) is 0.198. The van der Waals surface area contributed by atoms with E-state index >= 15 is 0 Å². The van der Waals surface area contributed by atoms with Gasteiger partial charge in [0.2, 0.25) is 0 Å². The van der Waals surface area contributed by atoms with E-state index in [-0.39, 0.29) is 0 Å². The summed E-state index contributed by atoms with van der Waals surface area (Å²) in [6.07, 6.45) is 0. The minimum absolute atomic E-state index is 0.401. The van der Waals surface area contributed by atoms with Gasteiger partial charge in [-0.15, -0.1) is 0 Å². The molecule has 0 amide bonds. The Morgan fingerprint density at radius 3 is 1.60 bits per heavy atom. The Hall–Kier alpha value is -5.86. The number of hydrogen-bond acceptors (Lipinski definition) is 2. The summed E-state index contributed by atoms with van der Waals surface area (Å²) < 4.78 is 0. The van der Waals surface area contributed by atoms with Crippen molar-refractivity contribution in [1.29, 1.82) is 0 Å². The summed E-state index contributed by atoms with van der Waals surface area (Å²) in [6.45, 7) is 0. The van der Waals surface area contributed by atoms with E-state index in [1.165, 1.54) is 54.9 Å². The lowest BCUT2D eigenvalue weighted by Crippen LogP contribution is -2.26. The minimum atomic E-state index is -0.401. The average Bonchev–Trinajstić information content (AvgIpc) is 3.59. The van der Waals surface area contributed by atoms with Crippen molar-refractivity contribution < 1.29 is 0 Å². The molecular formula is C43H26N2. The Labute approximate surface area is 261 Å². The second-order valence-corrected chi connectivity index (χ2v) is 12.1. The molecule has 0 fully saturated rings. The van der Waals surface area contributed by atoms with Crippen LogP contribution >= 0.6 is 0 Å². The van der Waals surface area contributed by atoms with E-state index in [0.29, 0.717) is 0 Å². The van der Waals surface area contributed by atoms with Crippen LogP contribution in [0.4, 0.5) is 0 Å². The summed E-state index contributed by atoms with van der Waals surface area (Å²) >= 11 is 0. The molecule has 0 aliphatic heterocycles. The molecule has 2 aliphatic rings. The van der Waals surface area contributed by atoms with Crippen molar-refractivity contribution in [3.8, 4) is 45.0 Å². The van der Waals surface area contributed by atoms with Gasteiger partial charge in [-0.1, -0.05) is 146 Å². The number of nitrogens with zero attached hydrogens (tertiary/aromatic N) is 2. The first-order valence-electron chi connectivity index (χ1n) is 15.5. The van der Waals surface area contributed by atoms with Gasteiger partial charge in [-0.25, -0.2) is 9.97 Å². The van der Waals surface area contributed by atoms with Gasteiger partial charge < -0.3 is 0 Å². The van der Waals surface area contributed by atoms with Crippen LogP contribution in [-0.2, 0) is 5.41 Å². The maximum atomic E-state index is 5.19. The average molecular weight is 571 g/mol. The first kappa shape index (κ1) is 24.6. The minimum Gasteiger partial charge on any atom is -0.228 e. The molecule has 45 heavy (non-hydrogen) atoms. The fourth-order valence-corrected chi connectivity index (χ4v) is 8.01. The standard InChI is InChI=1S/C43H26N2/c1-3-11-27(12-4-1)38-26-39(45-42(44-38)30-13-5-2-6-14-30)31-23-24-33-32-17-7-8-18-34(32)43(37(33)25-31)35-19-9-15-28-21-22-29-16-10-20-36(43)41(29)40(28)35/h1-26H. The SMILES string of the molecule is c1ccc(-c2cc(-c3ccc4c(c3)C3(c5ccccc5-4)c4cccc5ccc6cccc3c6c45)nc(-c3ccccc3)n2)cc1. The van der Waals surface area contributed by atoms with E-state index in [1.54, 1.807) is 0 Å². The van der Waals surface area contributed by atoms with Crippen LogP contribution in [-0.4, -0.2) is 9.97 Å². The second kappa shape index (κ2) is 9.07. The lowest BCUT2D eigenvalue weighted by atomic mass is 9.70. The third-order valence-corrected chi connectivity index (χ3v) is 9.86. The Morgan fingerprint density at radius 1 is 0.356 bits per heavy atom. The second-order valence-electron chi connectivity index (χ2n) is 12.1. The normalized spacial score (nSPS) is 13.5. The van der Waals surface area contributed by atoms with Crippen molar-refractivity contribution in [2.24, 2.45) is 0 Å². The van der Waals surface area contributed by atoms with E-state index in [9.17, 15) is 0 Å². The van der Waals surface area contributed by atoms with Crippen LogP contribution in [0.2, 0.25) is 0 Å². The summed E-state index contributed by atoms with van der Waals surface area (Å²) in [5.74, 6) is 0.730. The van der Waals surface area contributed by atoms with Crippen molar-refractivity contribution in [3.05, 3.63) is 180 Å². The van der Waals surface area contributed by atoms with E-state index in [0.717, 1.165) is 33.9 Å². The highest BCUT2D eigenvalue weighted by Crippen LogP contribution is 2.62. The van der Waals surface area contributed by atoms with Gasteiger partial charge in [-0.05, 0) is 67.1 Å². The molecule has 7 aromatic carbocycles. The van der Waals surface area contributed by atoms with Gasteiger partial charge in [0.05, 0.1) is 16.8 Å². The summed E-state index contributed by atoms with van der Waals surface area (Å²) in [5, 5.41) is 5.33. The molecule has 0 saturated heterocycles. The predicted octanol–water partition coefficient (Wildman–Crippen LogP) is 10.5. The molecule has 0 saturated carbocycles. The Kier molecular flexibility index (Phi) is 4.95. The van der Waals surface area contributed by atoms with Gasteiger partial charge in [-0.3, -0.25) is 0 Å². The summed E-state index contributed by atoms with van der Waals surface area (Å²) in [5.41, 5.74) is 12.6. The summed E-state index contributed by atoms with van der Waals surface area (Å²) in [4.78, 5) is 10.2. The third-order valence-electron chi connectivity index (χ3n) is 9.86. The topological polar surface area (TPSA) is 25.8 Å². The summed E-state index contributed by atoms with van der Waals surface area (Å²) in [6, 6.07) is 57.0. The third kappa shape index (κ3) is 3.29. The highest BCUT2D eigenvalue weighted by molar-refractivity contribution is 6.17. The number of fused-ring (bicyclic) bond motifs is 7. The van der Waals surface area contributed by atoms with Gasteiger partial charge in [0.1, 0.15) is 0 Å². The highest BCUT2D eigenvalue weighted by Gasteiger charge is 2.50. The van der Waals surface area contributed by atoms with Crippen LogP contribution in [0, 0.1) is 0 Å². The zero-order chi connectivity index (χ0) is 29.5. The zero-order valence-electron chi connectivity index (χ0n) is 24.4. The fourth-order valence-electron chi connectivity index (χ4n) is 8.01.